The van der Waals surface area contributed by atoms with E-state index >= 15 is 0 Å². The Hall–Kier alpha value is -1.42. The summed E-state index contributed by atoms with van der Waals surface area (Å²) in [6.45, 7) is 4.17. The molecule has 0 amide bonds. The van der Waals surface area contributed by atoms with Crippen LogP contribution in [0.4, 0.5) is 0 Å². The first-order valence-corrected chi connectivity index (χ1v) is 6.58. The predicted octanol–water partition coefficient (Wildman–Crippen LogP) is 3.21. The standard InChI is InChI=1S/C13H15NO2S/c1-4-8-9-6-7-17-12(9)11(13(15)16-3)14-10(8)5-2/h6-7H,4-5H2,1-3H3. The number of carbonyl (C=O) groups is 1. The van der Waals surface area contributed by atoms with Crippen LogP contribution in [0.1, 0.15) is 35.6 Å². The van der Waals surface area contributed by atoms with E-state index < -0.39 is 0 Å². The van der Waals surface area contributed by atoms with Gasteiger partial charge in [0.05, 0.1) is 11.8 Å². The number of thiophene rings is 1. The molecule has 0 aromatic carbocycles. The Morgan fingerprint density at radius 1 is 1.41 bits per heavy atom. The van der Waals surface area contributed by atoms with Crippen LogP contribution in [0, 0.1) is 0 Å². The molecule has 0 saturated carbocycles. The first-order valence-electron chi connectivity index (χ1n) is 5.70. The summed E-state index contributed by atoms with van der Waals surface area (Å²) >= 11 is 1.54. The van der Waals surface area contributed by atoms with Gasteiger partial charge >= 0.3 is 5.97 Å². The lowest BCUT2D eigenvalue weighted by atomic mass is 10.0. The molecule has 4 heteroatoms. The molecule has 0 unspecified atom stereocenters. The lowest BCUT2D eigenvalue weighted by Gasteiger charge is -2.09. The van der Waals surface area contributed by atoms with Gasteiger partial charge in [0.2, 0.25) is 0 Å². The molecule has 17 heavy (non-hydrogen) atoms. The minimum Gasteiger partial charge on any atom is -0.464 e. The molecular formula is C13H15NO2S. The average Bonchev–Trinajstić information content (AvgIpc) is 2.84. The van der Waals surface area contributed by atoms with Crippen LogP contribution in [0.2, 0.25) is 0 Å². The van der Waals surface area contributed by atoms with Gasteiger partial charge in [0.25, 0.3) is 0 Å². The van der Waals surface area contributed by atoms with Crippen molar-refractivity contribution in [2.45, 2.75) is 26.7 Å². The van der Waals surface area contributed by atoms with Crippen LogP contribution < -0.4 is 0 Å². The number of nitrogens with zero attached hydrogens (tertiary/aromatic N) is 1. The minimum atomic E-state index is -0.352. The summed E-state index contributed by atoms with van der Waals surface area (Å²) in [5.41, 5.74) is 2.70. The van der Waals surface area contributed by atoms with Crippen LogP contribution in [0.5, 0.6) is 0 Å². The molecule has 2 aromatic heterocycles. The van der Waals surface area contributed by atoms with Crippen molar-refractivity contribution >= 4 is 27.4 Å². The summed E-state index contributed by atoms with van der Waals surface area (Å²) in [5, 5.41) is 3.14. The van der Waals surface area contributed by atoms with Crippen LogP contribution in [0.15, 0.2) is 11.4 Å². The fraction of sp³-hybridized carbons (Fsp3) is 0.385. The highest BCUT2D eigenvalue weighted by Crippen LogP contribution is 2.29. The molecule has 0 aliphatic carbocycles. The number of carbonyl (C=O) groups excluding carboxylic acids is 1. The molecule has 0 aliphatic rings. The average molecular weight is 249 g/mol. The fourth-order valence-corrected chi connectivity index (χ4v) is 2.96. The number of hydrogen-bond acceptors (Lipinski definition) is 4. The summed E-state index contributed by atoms with van der Waals surface area (Å²) in [7, 11) is 1.39. The minimum absolute atomic E-state index is 0.352. The monoisotopic (exact) mass is 249 g/mol. The molecule has 0 bridgehead atoms. The third-order valence-electron chi connectivity index (χ3n) is 2.87. The van der Waals surface area contributed by atoms with E-state index in [2.05, 4.69) is 24.9 Å². The van der Waals surface area contributed by atoms with Crippen molar-refractivity contribution in [2.75, 3.05) is 7.11 Å². The van der Waals surface area contributed by atoms with E-state index in [9.17, 15) is 4.79 Å². The highest BCUT2D eigenvalue weighted by atomic mass is 32.1. The number of fused-ring (bicyclic) bond motifs is 1. The Labute approximate surface area is 104 Å². The highest BCUT2D eigenvalue weighted by molar-refractivity contribution is 7.17. The van der Waals surface area contributed by atoms with Crippen molar-refractivity contribution in [3.05, 3.63) is 28.4 Å². The van der Waals surface area contributed by atoms with E-state index in [-0.39, 0.29) is 5.97 Å². The maximum absolute atomic E-state index is 11.7. The summed E-state index contributed by atoms with van der Waals surface area (Å²) < 4.78 is 5.73. The van der Waals surface area contributed by atoms with E-state index in [0.717, 1.165) is 28.6 Å². The molecule has 3 nitrogen and oxygen atoms in total. The number of esters is 1. The van der Waals surface area contributed by atoms with Crippen molar-refractivity contribution < 1.29 is 9.53 Å². The second-order valence-corrected chi connectivity index (χ2v) is 4.66. The van der Waals surface area contributed by atoms with E-state index in [0.29, 0.717) is 5.69 Å². The molecule has 0 fully saturated rings. The van der Waals surface area contributed by atoms with Gasteiger partial charge in [-0.1, -0.05) is 13.8 Å². The third-order valence-corrected chi connectivity index (χ3v) is 3.79. The van der Waals surface area contributed by atoms with Crippen LogP contribution in [0.3, 0.4) is 0 Å². The topological polar surface area (TPSA) is 39.2 Å². The summed E-state index contributed by atoms with van der Waals surface area (Å²) in [6.07, 6.45) is 1.77. The molecule has 0 saturated heterocycles. The van der Waals surface area contributed by atoms with Gasteiger partial charge in [-0.05, 0) is 35.2 Å². The first kappa shape index (κ1) is 12.0. The largest absolute Gasteiger partial charge is 0.464 e. The number of hydrogen-bond donors (Lipinski definition) is 0. The Morgan fingerprint density at radius 2 is 2.18 bits per heavy atom. The van der Waals surface area contributed by atoms with Crippen LogP contribution >= 0.6 is 11.3 Å². The molecule has 0 aliphatic heterocycles. The molecule has 2 heterocycles. The number of aromatic nitrogens is 1. The van der Waals surface area contributed by atoms with Crippen LogP contribution in [-0.2, 0) is 17.6 Å². The second-order valence-electron chi connectivity index (χ2n) is 3.75. The first-order chi connectivity index (χ1) is 8.22. The van der Waals surface area contributed by atoms with Gasteiger partial charge in [-0.2, -0.15) is 0 Å². The number of rotatable bonds is 3. The molecule has 0 spiro atoms. The molecule has 0 radical (unpaired) electrons. The zero-order chi connectivity index (χ0) is 12.4. The highest BCUT2D eigenvalue weighted by Gasteiger charge is 2.18. The molecule has 2 aromatic rings. The Bertz CT molecular complexity index is 560. The SMILES string of the molecule is CCc1nc(C(=O)OC)c2sccc2c1CC. The number of ether oxygens (including phenoxy) is 1. The van der Waals surface area contributed by atoms with Crippen molar-refractivity contribution in [2.24, 2.45) is 0 Å². The van der Waals surface area contributed by atoms with Gasteiger partial charge < -0.3 is 4.74 Å². The lowest BCUT2D eigenvalue weighted by Crippen LogP contribution is -2.08. The Balaban J connectivity index is 2.77. The van der Waals surface area contributed by atoms with Crippen molar-refractivity contribution in [3.63, 3.8) is 0 Å². The number of aryl methyl sites for hydroxylation is 2. The van der Waals surface area contributed by atoms with Crippen molar-refractivity contribution in [1.82, 2.24) is 4.98 Å². The van der Waals surface area contributed by atoms with Gasteiger partial charge in [0.15, 0.2) is 5.69 Å². The summed E-state index contributed by atoms with van der Waals surface area (Å²) in [5.74, 6) is -0.352. The maximum atomic E-state index is 11.7. The zero-order valence-corrected chi connectivity index (χ0v) is 11.1. The molecular weight excluding hydrogens is 234 g/mol. The van der Waals surface area contributed by atoms with E-state index in [4.69, 9.17) is 4.74 Å². The molecule has 0 atom stereocenters. The maximum Gasteiger partial charge on any atom is 0.358 e. The Morgan fingerprint density at radius 3 is 2.76 bits per heavy atom. The smallest absolute Gasteiger partial charge is 0.358 e. The fourth-order valence-electron chi connectivity index (χ4n) is 2.06. The van der Waals surface area contributed by atoms with Crippen molar-refractivity contribution in [1.29, 1.82) is 0 Å². The van der Waals surface area contributed by atoms with E-state index in [1.165, 1.54) is 12.7 Å². The van der Waals surface area contributed by atoms with Crippen LogP contribution in [0.25, 0.3) is 10.1 Å². The van der Waals surface area contributed by atoms with Crippen LogP contribution in [-0.4, -0.2) is 18.1 Å². The van der Waals surface area contributed by atoms with Gasteiger partial charge in [-0.3, -0.25) is 0 Å². The number of methoxy groups -OCH3 is 1. The van der Waals surface area contributed by atoms with Gasteiger partial charge in [-0.15, -0.1) is 11.3 Å². The zero-order valence-electron chi connectivity index (χ0n) is 10.2. The normalized spacial score (nSPS) is 10.8. The van der Waals surface area contributed by atoms with E-state index in [1.54, 1.807) is 11.3 Å². The quantitative estimate of drug-likeness (QED) is 0.784. The third kappa shape index (κ3) is 1.93. The molecule has 0 N–H and O–H groups in total. The predicted molar refractivity (Wildman–Crippen MR) is 69.7 cm³/mol. The lowest BCUT2D eigenvalue weighted by molar-refractivity contribution is 0.0596. The van der Waals surface area contributed by atoms with Gasteiger partial charge in [0.1, 0.15) is 0 Å². The van der Waals surface area contributed by atoms with E-state index in [1.807, 2.05) is 5.38 Å². The summed E-state index contributed by atoms with van der Waals surface area (Å²) in [4.78, 5) is 16.2. The van der Waals surface area contributed by atoms with Gasteiger partial charge in [-0.25, -0.2) is 9.78 Å². The second kappa shape index (κ2) is 4.84. The van der Waals surface area contributed by atoms with Crippen molar-refractivity contribution in [3.8, 4) is 0 Å². The molecule has 90 valence electrons. The number of pyridine rings is 1. The van der Waals surface area contributed by atoms with Gasteiger partial charge in [0, 0.05) is 5.69 Å². The summed E-state index contributed by atoms with van der Waals surface area (Å²) in [6, 6.07) is 2.06. The molecule has 2 rings (SSSR count). The Kier molecular flexibility index (Phi) is 3.43.